The van der Waals surface area contributed by atoms with Crippen molar-refractivity contribution in [2.45, 2.75) is 73.1 Å². The third-order valence-electron chi connectivity index (χ3n) is 9.55. The molecule has 9 nitrogen and oxygen atoms in total. The summed E-state index contributed by atoms with van der Waals surface area (Å²) in [7, 11) is 1.28. The number of methoxy groups -OCH3 is 1. The van der Waals surface area contributed by atoms with Gasteiger partial charge in [0.15, 0.2) is 0 Å². The molecule has 0 saturated heterocycles. The first-order valence-corrected chi connectivity index (χ1v) is 15.0. The van der Waals surface area contributed by atoms with Gasteiger partial charge in [0.1, 0.15) is 11.7 Å². The van der Waals surface area contributed by atoms with E-state index in [1.165, 1.54) is 12.7 Å². The van der Waals surface area contributed by atoms with Gasteiger partial charge < -0.3 is 34.9 Å². The number of fused-ring (bicyclic) bond motifs is 8. The molecule has 0 aromatic carbocycles. The Hall–Kier alpha value is -3.89. The second kappa shape index (κ2) is 12.1. The maximum absolute atomic E-state index is 13.2. The summed E-state index contributed by atoms with van der Waals surface area (Å²) >= 11 is 0. The maximum atomic E-state index is 13.2. The zero-order valence-electron chi connectivity index (χ0n) is 26.7. The molecule has 1 aliphatic heterocycles. The van der Waals surface area contributed by atoms with Crippen LogP contribution >= 0.6 is 0 Å². The molecule has 230 valence electrons. The van der Waals surface area contributed by atoms with E-state index in [1.807, 2.05) is 26.8 Å². The number of carboxylic acids is 1. The van der Waals surface area contributed by atoms with Crippen molar-refractivity contribution >= 4 is 52.4 Å². The van der Waals surface area contributed by atoms with Gasteiger partial charge in [-0.05, 0) is 65.4 Å². The molecule has 1 aliphatic carbocycles. The van der Waals surface area contributed by atoms with Crippen LogP contribution in [0.1, 0.15) is 92.1 Å². The van der Waals surface area contributed by atoms with Gasteiger partial charge >= 0.3 is 35.0 Å². The van der Waals surface area contributed by atoms with Crippen molar-refractivity contribution in [2.75, 3.05) is 7.11 Å². The summed E-state index contributed by atoms with van der Waals surface area (Å²) in [5.74, 6) is -2.81. The first-order chi connectivity index (χ1) is 21.0. The zero-order chi connectivity index (χ0) is 31.6. The molecule has 0 spiro atoms. The van der Waals surface area contributed by atoms with Gasteiger partial charge in [0, 0.05) is 11.6 Å². The fourth-order valence-electron chi connectivity index (χ4n) is 7.09. The van der Waals surface area contributed by atoms with Crippen LogP contribution in [0.3, 0.4) is 0 Å². The van der Waals surface area contributed by atoms with E-state index in [1.54, 1.807) is 0 Å². The van der Waals surface area contributed by atoms with Crippen molar-refractivity contribution in [3.8, 4) is 0 Å². The molecule has 5 heterocycles. The molecule has 0 unspecified atom stereocenters. The molecule has 0 amide bonds. The van der Waals surface area contributed by atoms with Crippen molar-refractivity contribution < 1.29 is 24.5 Å². The summed E-state index contributed by atoms with van der Waals surface area (Å²) in [6.45, 7) is 14.2. The topological polar surface area (TPSA) is 140 Å². The molecule has 45 heavy (non-hydrogen) atoms. The fraction of sp³-hybridized carbons (Fsp3) is 0.371. The van der Waals surface area contributed by atoms with Crippen molar-refractivity contribution in [3.63, 3.8) is 0 Å². The van der Waals surface area contributed by atoms with Crippen LogP contribution in [0, 0.1) is 33.6 Å². The normalized spacial score (nSPS) is 15.3. The Morgan fingerprint density at radius 2 is 1.44 bits per heavy atom. The van der Waals surface area contributed by atoms with E-state index in [4.69, 9.17) is 24.7 Å². The van der Waals surface area contributed by atoms with Crippen molar-refractivity contribution in [2.24, 2.45) is 5.92 Å². The monoisotopic (exact) mass is 616 g/mol. The van der Waals surface area contributed by atoms with Crippen LogP contribution in [0.4, 0.5) is 0 Å². The van der Waals surface area contributed by atoms with Gasteiger partial charge in [-0.2, -0.15) is 28.5 Å². The molecule has 1 atom stereocenters. The Morgan fingerprint density at radius 1 is 0.867 bits per heavy atom. The Kier molecular flexibility index (Phi) is 8.76. The Balaban J connectivity index is 0.00000400. The maximum Gasteiger partial charge on any atom is 2.00 e. The number of ether oxygens (including phenoxy) is 1. The molecule has 0 radical (unpaired) electrons. The summed E-state index contributed by atoms with van der Waals surface area (Å²) in [4.78, 5) is 45.2. The van der Waals surface area contributed by atoms with E-state index in [-0.39, 0.29) is 41.7 Å². The smallest absolute Gasteiger partial charge is 0.664 e. The Morgan fingerprint density at radius 3 is 2.09 bits per heavy atom. The molecule has 10 heteroatoms. The molecule has 0 saturated carbocycles. The Bertz CT molecular complexity index is 2000. The summed E-state index contributed by atoms with van der Waals surface area (Å²) in [6, 6.07) is 0. The number of carbonyl (C=O) groups excluding carboxylic acids is 1. The minimum Gasteiger partial charge on any atom is -0.664 e. The van der Waals surface area contributed by atoms with Crippen molar-refractivity contribution in [3.05, 3.63) is 95.9 Å². The van der Waals surface area contributed by atoms with Crippen LogP contribution in [-0.4, -0.2) is 52.3 Å². The zero-order valence-corrected chi connectivity index (χ0v) is 28.1. The molecule has 6 rings (SSSR count). The van der Waals surface area contributed by atoms with Crippen LogP contribution in [0.25, 0.3) is 17.4 Å². The summed E-state index contributed by atoms with van der Waals surface area (Å²) in [5.41, 5.74) is 12.8. The number of aliphatic carboxylic acids is 1. The number of hydrogen-bond donors (Lipinski definition) is 2. The third-order valence-corrected chi connectivity index (χ3v) is 9.55. The summed E-state index contributed by atoms with van der Waals surface area (Å²) in [5, 5.41) is 22.2. The summed E-state index contributed by atoms with van der Waals surface area (Å²) < 4.78 is 5.16. The molecular weight excluding hydrogens is 581 g/mol. The predicted molar refractivity (Wildman–Crippen MR) is 171 cm³/mol. The van der Waals surface area contributed by atoms with E-state index in [2.05, 4.69) is 20.4 Å². The number of rotatable bonds is 6. The largest absolute Gasteiger partial charge is 2.00 e. The number of aliphatic hydroxyl groups is 1. The van der Waals surface area contributed by atoms with Gasteiger partial charge in [0.05, 0.1) is 7.11 Å². The average molecular weight is 617 g/mol. The number of nitrogens with zero attached hydrogens (tertiary/aromatic N) is 4. The third kappa shape index (κ3) is 5.08. The molecule has 4 aromatic heterocycles. The second-order valence-electron chi connectivity index (χ2n) is 11.8. The molecular formula is C35H36MgN4O5-2. The number of hydrogen-bond acceptors (Lipinski definition) is 4. The van der Waals surface area contributed by atoms with Crippen molar-refractivity contribution in [1.29, 1.82) is 0 Å². The first-order valence-electron chi connectivity index (χ1n) is 15.0. The fourth-order valence-corrected chi connectivity index (χ4v) is 7.09. The van der Waals surface area contributed by atoms with Gasteiger partial charge in [-0.3, -0.25) is 9.59 Å². The summed E-state index contributed by atoms with van der Waals surface area (Å²) in [6.07, 6.45) is 4.20. The van der Waals surface area contributed by atoms with E-state index >= 15 is 0 Å². The van der Waals surface area contributed by atoms with Crippen LogP contribution < -0.4 is 30.5 Å². The number of esters is 1. The molecule has 2 aliphatic rings. The number of aromatic nitrogens is 4. The standard InChI is InChI=1S/C35H36N4O5.Mg/c1-8-19-15(3)22-12-24-17(5)21(10-11-28(40)41)32(38-24)30-31(35(43)44-7)34(42)29-18(6)25(39-33(29)30)14-27-20(9-2)16(4)23(37-27)13-26(19)36-22;/h8,31,42H,1,9-14H2,2-7H3,(H,40,41);/q-4;+2/t31-;/m1./s1. The van der Waals surface area contributed by atoms with Gasteiger partial charge in [-0.15, -0.1) is 16.7 Å². The van der Waals surface area contributed by atoms with Crippen LogP contribution in [0.15, 0.2) is 6.58 Å². The second-order valence-corrected chi connectivity index (χ2v) is 11.8. The average Bonchev–Trinajstić information content (AvgIpc) is 3.72. The van der Waals surface area contributed by atoms with E-state index < -0.39 is 17.9 Å². The van der Waals surface area contributed by atoms with Gasteiger partial charge in [0.2, 0.25) is 0 Å². The van der Waals surface area contributed by atoms with Gasteiger partial charge in [-0.25, -0.2) is 0 Å². The van der Waals surface area contributed by atoms with Gasteiger partial charge in [-0.1, -0.05) is 58.5 Å². The minimum atomic E-state index is -1.12. The molecule has 8 bridgehead atoms. The van der Waals surface area contributed by atoms with E-state index in [0.29, 0.717) is 41.1 Å². The van der Waals surface area contributed by atoms with E-state index in [0.717, 1.165) is 74.0 Å². The Labute approximate surface area is 278 Å². The SMILES string of the molecule is C=Cc1c2[n-]c(c1C)Cc1[n-]c(c(CCC(=O)O)c1C)C1=c3[n-]c(c(C)c3=C(O)[C@@H]1C(=O)OC)Cc1[n-]c(c(C)c1CC)C2.[Mg+2]. The number of carbonyl (C=O) groups is 2. The number of aliphatic hydroxyl groups excluding tert-OH is 1. The van der Waals surface area contributed by atoms with Crippen LogP contribution in [0.2, 0.25) is 0 Å². The van der Waals surface area contributed by atoms with Crippen LogP contribution in [-0.2, 0) is 46.4 Å². The van der Waals surface area contributed by atoms with E-state index in [9.17, 15) is 19.8 Å². The van der Waals surface area contributed by atoms with Gasteiger partial charge in [0.25, 0.3) is 0 Å². The number of carboxylic acid groups (broad SMARTS) is 1. The molecule has 4 aromatic rings. The minimum absolute atomic E-state index is 0. The predicted octanol–water partition coefficient (Wildman–Crippen LogP) is 2.34. The molecule has 0 fully saturated rings. The first kappa shape index (κ1) is 32.5. The van der Waals surface area contributed by atoms with Crippen molar-refractivity contribution in [1.82, 2.24) is 19.9 Å². The molecule has 2 N–H and O–H groups in total. The quantitative estimate of drug-likeness (QED) is 0.247. The van der Waals surface area contributed by atoms with Crippen LogP contribution in [0.5, 0.6) is 0 Å².